The lowest BCUT2D eigenvalue weighted by molar-refractivity contribution is 0.355. The Morgan fingerprint density at radius 1 is 0.970 bits per heavy atom. The summed E-state index contributed by atoms with van der Waals surface area (Å²) in [6.45, 7) is 11.0. The first kappa shape index (κ1) is 21.2. The van der Waals surface area contributed by atoms with Gasteiger partial charge in [-0.05, 0) is 53.5 Å². The minimum Gasteiger partial charge on any atom is -0.356 e. The topological polar surface area (TPSA) is 58.9 Å². The van der Waals surface area contributed by atoms with Crippen LogP contribution in [0.2, 0.25) is 0 Å². The molecule has 1 fully saturated rings. The Kier molecular flexibility index (Phi) is 5.58. The summed E-state index contributed by atoms with van der Waals surface area (Å²) in [6.07, 6.45) is 8.95. The molecule has 1 aliphatic rings. The van der Waals surface area contributed by atoms with Crippen LogP contribution in [0.1, 0.15) is 25.8 Å². The molecular formula is C27H30N6. The zero-order valence-corrected chi connectivity index (χ0v) is 19.5. The fraction of sp³-hybridized carbons (Fsp3) is 0.296. The van der Waals surface area contributed by atoms with Gasteiger partial charge in [-0.15, -0.1) is 0 Å². The second-order valence-corrected chi connectivity index (χ2v) is 9.39. The van der Waals surface area contributed by atoms with Gasteiger partial charge in [0.2, 0.25) is 0 Å². The Labute approximate surface area is 195 Å². The number of nitrogens with zero attached hydrogens (tertiary/aromatic N) is 5. The number of hydrogen-bond donors (Lipinski definition) is 1. The largest absolute Gasteiger partial charge is 0.356 e. The second-order valence-electron chi connectivity index (χ2n) is 9.39. The van der Waals surface area contributed by atoms with E-state index in [2.05, 4.69) is 76.0 Å². The lowest BCUT2D eigenvalue weighted by Crippen LogP contribution is -2.39. The van der Waals surface area contributed by atoms with Crippen molar-refractivity contribution in [3.05, 3.63) is 73.3 Å². The highest BCUT2D eigenvalue weighted by molar-refractivity contribution is 5.89. The molecule has 1 saturated heterocycles. The first-order valence-corrected chi connectivity index (χ1v) is 11.5. The van der Waals surface area contributed by atoms with Crippen molar-refractivity contribution in [1.82, 2.24) is 19.7 Å². The molecule has 3 aromatic heterocycles. The lowest BCUT2D eigenvalue weighted by Gasteiger charge is -2.36. The fourth-order valence-corrected chi connectivity index (χ4v) is 4.81. The molecule has 2 atom stereocenters. The number of rotatable bonds is 5. The van der Waals surface area contributed by atoms with Gasteiger partial charge in [-0.1, -0.05) is 32.6 Å². The molecular weight excluding hydrogens is 408 g/mol. The lowest BCUT2D eigenvalue weighted by atomic mass is 9.92. The van der Waals surface area contributed by atoms with E-state index in [1.807, 2.05) is 42.6 Å². The molecule has 0 aliphatic carbocycles. The SMILES string of the molecule is C=C(Nc1cc2cc(-c3cnn(C)c3)ccc2cn1)c1ccnc(N2CC(C)CC(C)C2)c1. The van der Waals surface area contributed by atoms with Gasteiger partial charge in [0, 0.05) is 60.9 Å². The summed E-state index contributed by atoms with van der Waals surface area (Å²) in [5, 5.41) is 9.89. The molecule has 6 nitrogen and oxygen atoms in total. The molecule has 0 amide bonds. The first-order valence-electron chi connectivity index (χ1n) is 11.5. The Balaban J connectivity index is 1.36. The summed E-state index contributed by atoms with van der Waals surface area (Å²) < 4.78 is 1.82. The van der Waals surface area contributed by atoms with Crippen molar-refractivity contribution in [3.8, 4) is 11.1 Å². The van der Waals surface area contributed by atoms with E-state index >= 15 is 0 Å². The van der Waals surface area contributed by atoms with Crippen LogP contribution in [0.3, 0.4) is 0 Å². The van der Waals surface area contributed by atoms with E-state index < -0.39 is 0 Å². The van der Waals surface area contributed by atoms with E-state index in [4.69, 9.17) is 0 Å². The molecule has 4 heterocycles. The van der Waals surface area contributed by atoms with Crippen molar-refractivity contribution >= 4 is 28.1 Å². The quantitative estimate of drug-likeness (QED) is 0.440. The van der Waals surface area contributed by atoms with Crippen LogP contribution in [0, 0.1) is 11.8 Å². The zero-order chi connectivity index (χ0) is 22.9. The third-order valence-corrected chi connectivity index (χ3v) is 6.33. The van der Waals surface area contributed by atoms with Gasteiger partial charge < -0.3 is 10.2 Å². The number of aryl methyl sites for hydroxylation is 1. The number of hydrogen-bond acceptors (Lipinski definition) is 5. The highest BCUT2D eigenvalue weighted by Crippen LogP contribution is 2.28. The standard InChI is InChI=1S/C27H30N6/c1-18-9-19(2)16-33(15-18)27-12-21(7-8-28-27)20(3)31-26-11-24-10-22(5-6-23(24)13-29-26)25-14-30-32(4)17-25/h5-8,10-14,17-19H,3,9,15-16H2,1-2,4H3,(H,29,31). The minimum atomic E-state index is 0.680. The van der Waals surface area contributed by atoms with Crippen LogP contribution in [0.25, 0.3) is 27.6 Å². The number of piperidine rings is 1. The second kappa shape index (κ2) is 8.70. The normalized spacial score (nSPS) is 18.5. The third kappa shape index (κ3) is 4.60. The van der Waals surface area contributed by atoms with Crippen LogP contribution in [-0.2, 0) is 7.05 Å². The maximum Gasteiger partial charge on any atom is 0.130 e. The Hall–Kier alpha value is -3.67. The monoisotopic (exact) mass is 438 g/mol. The van der Waals surface area contributed by atoms with Gasteiger partial charge in [-0.25, -0.2) is 9.97 Å². The smallest absolute Gasteiger partial charge is 0.130 e. The van der Waals surface area contributed by atoms with Gasteiger partial charge in [-0.3, -0.25) is 4.68 Å². The van der Waals surface area contributed by atoms with E-state index in [1.54, 1.807) is 0 Å². The van der Waals surface area contributed by atoms with Crippen LogP contribution >= 0.6 is 0 Å². The highest BCUT2D eigenvalue weighted by atomic mass is 15.2. The van der Waals surface area contributed by atoms with Crippen molar-refractivity contribution in [3.63, 3.8) is 0 Å². The van der Waals surface area contributed by atoms with Crippen molar-refractivity contribution in [2.45, 2.75) is 20.3 Å². The molecule has 1 aromatic carbocycles. The summed E-state index contributed by atoms with van der Waals surface area (Å²) in [6, 6.07) is 12.6. The van der Waals surface area contributed by atoms with Crippen LogP contribution in [0.15, 0.2) is 67.8 Å². The predicted octanol–water partition coefficient (Wildman–Crippen LogP) is 5.60. The summed E-state index contributed by atoms with van der Waals surface area (Å²) >= 11 is 0. The molecule has 1 N–H and O–H groups in total. The molecule has 1 aliphatic heterocycles. The van der Waals surface area contributed by atoms with E-state index in [9.17, 15) is 0 Å². The van der Waals surface area contributed by atoms with Gasteiger partial charge in [-0.2, -0.15) is 5.10 Å². The molecule has 2 unspecified atom stereocenters. The molecule has 0 radical (unpaired) electrons. The number of benzene rings is 1. The van der Waals surface area contributed by atoms with Crippen molar-refractivity contribution in [2.24, 2.45) is 18.9 Å². The molecule has 0 saturated carbocycles. The summed E-state index contributed by atoms with van der Waals surface area (Å²) in [5.74, 6) is 3.15. The molecule has 6 heteroatoms. The number of anilines is 2. The molecule has 5 rings (SSSR count). The summed E-state index contributed by atoms with van der Waals surface area (Å²) in [4.78, 5) is 11.6. The van der Waals surface area contributed by atoms with Gasteiger partial charge in [0.05, 0.1) is 6.20 Å². The van der Waals surface area contributed by atoms with Crippen LogP contribution in [0.5, 0.6) is 0 Å². The molecule has 0 spiro atoms. The number of pyridine rings is 2. The van der Waals surface area contributed by atoms with Crippen LogP contribution < -0.4 is 10.2 Å². The Bertz CT molecular complexity index is 1300. The minimum absolute atomic E-state index is 0.680. The van der Waals surface area contributed by atoms with E-state index in [1.165, 1.54) is 6.42 Å². The molecule has 0 bridgehead atoms. The molecule has 4 aromatic rings. The summed E-state index contributed by atoms with van der Waals surface area (Å²) in [7, 11) is 1.93. The summed E-state index contributed by atoms with van der Waals surface area (Å²) in [5.41, 5.74) is 4.07. The van der Waals surface area contributed by atoms with Crippen molar-refractivity contribution in [2.75, 3.05) is 23.3 Å². The fourth-order valence-electron chi connectivity index (χ4n) is 4.81. The van der Waals surface area contributed by atoms with Crippen molar-refractivity contribution in [1.29, 1.82) is 0 Å². The number of aromatic nitrogens is 4. The van der Waals surface area contributed by atoms with Gasteiger partial charge in [0.25, 0.3) is 0 Å². The maximum absolute atomic E-state index is 4.64. The van der Waals surface area contributed by atoms with Crippen molar-refractivity contribution < 1.29 is 0 Å². The highest BCUT2D eigenvalue weighted by Gasteiger charge is 2.23. The van der Waals surface area contributed by atoms with E-state index in [-0.39, 0.29) is 0 Å². The van der Waals surface area contributed by atoms with Gasteiger partial charge in [0.15, 0.2) is 0 Å². The Morgan fingerprint density at radius 2 is 1.79 bits per heavy atom. The average molecular weight is 439 g/mol. The van der Waals surface area contributed by atoms with Gasteiger partial charge >= 0.3 is 0 Å². The van der Waals surface area contributed by atoms with Crippen LogP contribution in [0.4, 0.5) is 11.6 Å². The van der Waals surface area contributed by atoms with Crippen LogP contribution in [-0.4, -0.2) is 32.8 Å². The molecule has 168 valence electrons. The van der Waals surface area contributed by atoms with Gasteiger partial charge in [0.1, 0.15) is 11.6 Å². The average Bonchev–Trinajstić information content (AvgIpc) is 3.24. The van der Waals surface area contributed by atoms with E-state index in [0.717, 1.165) is 57.9 Å². The maximum atomic E-state index is 4.64. The number of fused-ring (bicyclic) bond motifs is 1. The third-order valence-electron chi connectivity index (χ3n) is 6.33. The molecule has 33 heavy (non-hydrogen) atoms. The number of nitrogens with one attached hydrogen (secondary N) is 1. The predicted molar refractivity (Wildman–Crippen MR) is 136 cm³/mol. The zero-order valence-electron chi connectivity index (χ0n) is 19.5. The Morgan fingerprint density at radius 3 is 2.55 bits per heavy atom. The van der Waals surface area contributed by atoms with E-state index in [0.29, 0.717) is 11.8 Å². The first-order chi connectivity index (χ1) is 15.9.